The van der Waals surface area contributed by atoms with E-state index in [1.54, 1.807) is 0 Å². The molecule has 1 rings (SSSR count). The van der Waals surface area contributed by atoms with E-state index in [0.29, 0.717) is 6.07 Å². The third kappa shape index (κ3) is 2.27. The number of nitrogen functional groups attached to an aromatic ring is 1. The molecule has 82 valence electrons. The molecule has 0 aliphatic heterocycles. The number of anilines is 1. The van der Waals surface area contributed by atoms with Crippen LogP contribution in [0.25, 0.3) is 0 Å². The maximum absolute atomic E-state index is 10.9. The van der Waals surface area contributed by atoms with E-state index in [1.807, 2.05) is 0 Å². The summed E-state index contributed by atoms with van der Waals surface area (Å²) in [6.07, 6.45) is 0. The van der Waals surface area contributed by atoms with Gasteiger partial charge >= 0.3 is 13.6 Å². The summed E-state index contributed by atoms with van der Waals surface area (Å²) in [5, 5.41) is 17.0. The van der Waals surface area contributed by atoms with Gasteiger partial charge in [0.15, 0.2) is 5.75 Å². The molecule has 6 N–H and O–H groups in total. The summed E-state index contributed by atoms with van der Waals surface area (Å²) in [5.74, 6) is -2.19. The summed E-state index contributed by atoms with van der Waals surface area (Å²) in [5.41, 5.74) is 4.40. The number of benzene rings is 1. The van der Waals surface area contributed by atoms with Crippen LogP contribution in [-0.2, 0) is 4.57 Å². The van der Waals surface area contributed by atoms with Gasteiger partial charge in [0.2, 0.25) is 0 Å². The first-order valence-electron chi connectivity index (χ1n) is 3.65. The molecule has 0 aromatic heterocycles. The van der Waals surface area contributed by atoms with Crippen LogP contribution >= 0.6 is 7.60 Å². The zero-order valence-electron chi connectivity index (χ0n) is 7.28. The molecule has 0 bridgehead atoms. The fourth-order valence-electron chi connectivity index (χ4n) is 0.987. The van der Waals surface area contributed by atoms with Crippen molar-refractivity contribution in [1.82, 2.24) is 0 Å². The molecule has 1 aromatic rings. The summed E-state index contributed by atoms with van der Waals surface area (Å²) in [6, 6.07) is 1.60. The van der Waals surface area contributed by atoms with Crippen molar-refractivity contribution in [3.63, 3.8) is 0 Å². The number of aromatic hydroxyl groups is 1. The van der Waals surface area contributed by atoms with E-state index in [0.717, 1.165) is 6.07 Å². The number of phenols is 1. The number of carbonyl (C=O) groups is 1. The third-order valence-corrected chi connectivity index (χ3v) is 2.65. The normalized spacial score (nSPS) is 11.3. The van der Waals surface area contributed by atoms with Gasteiger partial charge in [-0.05, 0) is 12.1 Å². The molecular weight excluding hydrogens is 225 g/mol. The van der Waals surface area contributed by atoms with Gasteiger partial charge in [0.05, 0.1) is 11.3 Å². The van der Waals surface area contributed by atoms with Crippen LogP contribution in [0.2, 0.25) is 0 Å². The summed E-state index contributed by atoms with van der Waals surface area (Å²) in [4.78, 5) is 28.2. The number of phenolic OH excluding ortho intramolecular Hbond substituents is 1. The van der Waals surface area contributed by atoms with E-state index >= 15 is 0 Å². The Labute approximate surface area is 83.9 Å². The molecule has 0 fully saturated rings. The van der Waals surface area contributed by atoms with Crippen LogP contribution in [0.1, 0.15) is 10.4 Å². The van der Waals surface area contributed by atoms with Gasteiger partial charge in [-0.25, -0.2) is 4.79 Å². The Morgan fingerprint density at radius 2 is 1.87 bits per heavy atom. The van der Waals surface area contributed by atoms with Gasteiger partial charge in [0.25, 0.3) is 0 Å². The average molecular weight is 233 g/mol. The van der Waals surface area contributed by atoms with E-state index < -0.39 is 35.9 Å². The van der Waals surface area contributed by atoms with Crippen molar-refractivity contribution in [3.05, 3.63) is 17.7 Å². The minimum absolute atomic E-state index is 0.395. The quantitative estimate of drug-likeness (QED) is 0.262. The van der Waals surface area contributed by atoms with Crippen molar-refractivity contribution < 1.29 is 29.4 Å². The highest BCUT2D eigenvalue weighted by Crippen LogP contribution is 2.39. The van der Waals surface area contributed by atoms with Crippen LogP contribution in [-0.4, -0.2) is 26.0 Å². The van der Waals surface area contributed by atoms with Gasteiger partial charge in [-0.2, -0.15) is 0 Å². The number of rotatable bonds is 2. The minimum atomic E-state index is -4.74. The Morgan fingerprint density at radius 3 is 2.27 bits per heavy atom. The molecule has 0 radical (unpaired) electrons. The SMILES string of the molecule is Nc1cc(C(=O)O)cc(P(=O)(O)O)c1O. The summed E-state index contributed by atoms with van der Waals surface area (Å²) < 4.78 is 10.9. The fourth-order valence-corrected chi connectivity index (χ4v) is 1.70. The summed E-state index contributed by atoms with van der Waals surface area (Å²) >= 11 is 0. The fraction of sp³-hybridized carbons (Fsp3) is 0. The summed E-state index contributed by atoms with van der Waals surface area (Å²) in [7, 11) is -4.74. The molecule has 0 saturated heterocycles. The molecule has 0 aliphatic rings. The number of carboxylic acid groups (broad SMARTS) is 1. The first-order valence-corrected chi connectivity index (χ1v) is 5.26. The van der Waals surface area contributed by atoms with Gasteiger partial charge in [-0.1, -0.05) is 0 Å². The molecule has 8 heteroatoms. The van der Waals surface area contributed by atoms with Crippen LogP contribution in [0.15, 0.2) is 12.1 Å². The van der Waals surface area contributed by atoms with Gasteiger partial charge in [-0.15, -0.1) is 0 Å². The Balaban J connectivity index is 3.52. The Morgan fingerprint density at radius 1 is 1.33 bits per heavy atom. The van der Waals surface area contributed by atoms with Crippen LogP contribution in [0.5, 0.6) is 5.75 Å². The molecular formula is C7H8NO6P. The van der Waals surface area contributed by atoms with Crippen LogP contribution in [0, 0.1) is 0 Å². The van der Waals surface area contributed by atoms with E-state index in [-0.39, 0.29) is 0 Å². The zero-order chi connectivity index (χ0) is 11.8. The monoisotopic (exact) mass is 233 g/mol. The smallest absolute Gasteiger partial charge is 0.360 e. The van der Waals surface area contributed by atoms with Crippen molar-refractivity contribution in [2.75, 3.05) is 5.73 Å². The standard InChI is InChI=1S/C7H8NO6P/c8-4-1-3(7(10)11)2-5(6(4)9)15(12,13)14/h1-2,9H,8H2,(H,10,11)(H2,12,13,14). The van der Waals surface area contributed by atoms with E-state index in [4.69, 9.17) is 20.6 Å². The maximum atomic E-state index is 10.9. The van der Waals surface area contributed by atoms with Crippen molar-refractivity contribution in [1.29, 1.82) is 0 Å². The number of aromatic carboxylic acids is 1. The molecule has 0 atom stereocenters. The number of carboxylic acids is 1. The molecule has 0 unspecified atom stereocenters. The molecule has 15 heavy (non-hydrogen) atoms. The average Bonchev–Trinajstić information content (AvgIpc) is 2.06. The molecule has 0 saturated carbocycles. The molecule has 0 amide bonds. The molecule has 0 aliphatic carbocycles. The zero-order valence-corrected chi connectivity index (χ0v) is 8.18. The van der Waals surface area contributed by atoms with Gasteiger partial charge in [-0.3, -0.25) is 4.57 Å². The van der Waals surface area contributed by atoms with Crippen LogP contribution in [0.4, 0.5) is 5.69 Å². The Hall–Kier alpha value is -1.56. The van der Waals surface area contributed by atoms with Crippen molar-refractivity contribution in [2.45, 2.75) is 0 Å². The first-order chi connectivity index (χ1) is 6.73. The molecule has 1 aromatic carbocycles. The van der Waals surface area contributed by atoms with Gasteiger partial charge < -0.3 is 25.7 Å². The lowest BCUT2D eigenvalue weighted by atomic mass is 10.2. The predicted octanol–water partition coefficient (Wildman–Crippen LogP) is -0.524. The number of hydrogen-bond acceptors (Lipinski definition) is 4. The second-order valence-electron chi connectivity index (χ2n) is 2.78. The highest BCUT2D eigenvalue weighted by Gasteiger charge is 2.25. The molecule has 0 spiro atoms. The van der Waals surface area contributed by atoms with Crippen molar-refractivity contribution in [3.8, 4) is 5.75 Å². The Bertz CT molecular complexity index is 465. The second kappa shape index (κ2) is 3.54. The molecule has 0 heterocycles. The Kier molecular flexibility index (Phi) is 2.72. The van der Waals surface area contributed by atoms with E-state index in [2.05, 4.69) is 0 Å². The highest BCUT2D eigenvalue weighted by molar-refractivity contribution is 7.60. The van der Waals surface area contributed by atoms with Gasteiger partial charge in [0, 0.05) is 0 Å². The third-order valence-electron chi connectivity index (χ3n) is 1.68. The van der Waals surface area contributed by atoms with E-state index in [9.17, 15) is 14.5 Å². The number of nitrogens with two attached hydrogens (primary N) is 1. The lowest BCUT2D eigenvalue weighted by molar-refractivity contribution is 0.0697. The predicted molar refractivity (Wildman–Crippen MR) is 51.2 cm³/mol. The van der Waals surface area contributed by atoms with Crippen LogP contribution in [0.3, 0.4) is 0 Å². The van der Waals surface area contributed by atoms with Crippen molar-refractivity contribution in [2.24, 2.45) is 0 Å². The topological polar surface area (TPSA) is 141 Å². The lowest BCUT2D eigenvalue weighted by Crippen LogP contribution is -2.11. The summed E-state index contributed by atoms with van der Waals surface area (Å²) in [6.45, 7) is 0. The van der Waals surface area contributed by atoms with Crippen LogP contribution < -0.4 is 11.0 Å². The highest BCUT2D eigenvalue weighted by atomic mass is 31.2. The second-order valence-corrected chi connectivity index (χ2v) is 4.35. The lowest BCUT2D eigenvalue weighted by Gasteiger charge is -2.09. The maximum Gasteiger partial charge on any atom is 0.360 e. The first kappa shape index (κ1) is 11.5. The largest absolute Gasteiger partial charge is 0.505 e. The van der Waals surface area contributed by atoms with E-state index in [1.165, 1.54) is 0 Å². The van der Waals surface area contributed by atoms with Crippen molar-refractivity contribution >= 4 is 24.6 Å². The molecule has 7 nitrogen and oxygen atoms in total. The number of hydrogen-bond donors (Lipinski definition) is 5. The minimum Gasteiger partial charge on any atom is -0.505 e. The van der Waals surface area contributed by atoms with Gasteiger partial charge in [0.1, 0.15) is 5.30 Å².